The Hall–Kier alpha value is -2.29. The molecule has 7 nitrogen and oxygen atoms in total. The van der Waals surface area contributed by atoms with Crippen LogP contribution in [0.2, 0.25) is 0 Å². The quantitative estimate of drug-likeness (QED) is 0.783. The van der Waals surface area contributed by atoms with Crippen molar-refractivity contribution in [2.45, 2.75) is 6.04 Å². The van der Waals surface area contributed by atoms with E-state index in [0.717, 1.165) is 45.1 Å². The fourth-order valence-corrected chi connectivity index (χ4v) is 4.79. The van der Waals surface area contributed by atoms with E-state index in [1.807, 2.05) is 17.0 Å². The van der Waals surface area contributed by atoms with Crippen LogP contribution in [0.4, 0.5) is 10.5 Å². The lowest BCUT2D eigenvalue weighted by Crippen LogP contribution is -2.53. The van der Waals surface area contributed by atoms with Gasteiger partial charge in [0.1, 0.15) is 5.75 Å². The van der Waals surface area contributed by atoms with Gasteiger partial charge in [0.05, 0.1) is 19.3 Å². The summed E-state index contributed by atoms with van der Waals surface area (Å²) < 4.78 is 5.49. The van der Waals surface area contributed by atoms with E-state index in [1.165, 1.54) is 4.88 Å². The predicted octanol–water partition coefficient (Wildman–Crippen LogP) is 2.36. The zero-order valence-electron chi connectivity index (χ0n) is 16.5. The maximum absolute atomic E-state index is 12.8. The molecule has 0 aliphatic carbocycles. The average Bonchev–Trinajstić information content (AvgIpc) is 3.29. The van der Waals surface area contributed by atoms with Crippen molar-refractivity contribution in [3.05, 3.63) is 46.7 Å². The van der Waals surface area contributed by atoms with Gasteiger partial charge in [-0.15, -0.1) is 11.3 Å². The van der Waals surface area contributed by atoms with E-state index >= 15 is 0 Å². The number of hydrogen-bond donors (Lipinski definition) is 2. The molecule has 2 aliphatic heterocycles. The van der Waals surface area contributed by atoms with Crippen LogP contribution in [0, 0.1) is 0 Å². The van der Waals surface area contributed by atoms with Gasteiger partial charge >= 0.3 is 6.03 Å². The number of benzene rings is 1. The number of anilines is 1. The molecule has 0 spiro atoms. The summed E-state index contributed by atoms with van der Waals surface area (Å²) in [5.74, 6) is 0.269. The van der Waals surface area contributed by atoms with Crippen LogP contribution >= 0.6 is 11.3 Å². The Morgan fingerprint density at radius 2 is 1.90 bits per heavy atom. The first-order chi connectivity index (χ1) is 14.2. The van der Waals surface area contributed by atoms with Crippen LogP contribution in [0.25, 0.3) is 0 Å². The van der Waals surface area contributed by atoms with Gasteiger partial charge in [0.2, 0.25) is 0 Å². The van der Waals surface area contributed by atoms with Crippen LogP contribution in [-0.2, 0) is 4.74 Å². The Morgan fingerprint density at radius 3 is 2.59 bits per heavy atom. The third-order valence-electron chi connectivity index (χ3n) is 5.57. The first kappa shape index (κ1) is 20.0. The number of carbonyl (C=O) groups excluding carboxylic acids is 1. The van der Waals surface area contributed by atoms with Crippen LogP contribution < -0.4 is 10.2 Å². The van der Waals surface area contributed by atoms with Gasteiger partial charge in [-0.1, -0.05) is 12.1 Å². The molecule has 1 aromatic heterocycles. The van der Waals surface area contributed by atoms with Gasteiger partial charge in [0, 0.05) is 62.4 Å². The standard InChI is InChI=1S/C21H28N4O3S/c26-18-4-1-3-17(15-18)23-6-8-25(9-7-23)21(27)22-16-19(20-5-2-14-29-20)24-10-12-28-13-11-24/h1-5,14-15,19,26H,6-13,16H2,(H,22,27). The number of nitrogens with zero attached hydrogens (tertiary/aromatic N) is 3. The molecule has 2 saturated heterocycles. The molecule has 0 saturated carbocycles. The van der Waals surface area contributed by atoms with Crippen molar-refractivity contribution >= 4 is 23.1 Å². The van der Waals surface area contributed by atoms with Crippen molar-refractivity contribution in [3.8, 4) is 5.75 Å². The fourth-order valence-electron chi connectivity index (χ4n) is 3.93. The molecule has 156 valence electrons. The number of morpholine rings is 1. The van der Waals surface area contributed by atoms with E-state index in [0.29, 0.717) is 19.6 Å². The zero-order valence-corrected chi connectivity index (χ0v) is 17.3. The summed E-state index contributed by atoms with van der Waals surface area (Å²) in [5, 5.41) is 14.9. The summed E-state index contributed by atoms with van der Waals surface area (Å²) in [6, 6.07) is 11.7. The van der Waals surface area contributed by atoms with E-state index in [2.05, 4.69) is 32.6 Å². The van der Waals surface area contributed by atoms with Crippen LogP contribution in [0.3, 0.4) is 0 Å². The summed E-state index contributed by atoms with van der Waals surface area (Å²) >= 11 is 1.74. The maximum Gasteiger partial charge on any atom is 0.317 e. The molecule has 0 radical (unpaired) electrons. The highest BCUT2D eigenvalue weighted by molar-refractivity contribution is 7.10. The first-order valence-corrected chi connectivity index (χ1v) is 11.0. The minimum absolute atomic E-state index is 0.00428. The Bertz CT molecular complexity index is 787. The topological polar surface area (TPSA) is 68.3 Å². The van der Waals surface area contributed by atoms with Crippen LogP contribution in [0.1, 0.15) is 10.9 Å². The number of thiophene rings is 1. The molecule has 2 aromatic rings. The number of rotatable bonds is 5. The van der Waals surface area contributed by atoms with Gasteiger partial charge in [-0.3, -0.25) is 4.90 Å². The summed E-state index contributed by atoms with van der Waals surface area (Å²) in [6.45, 7) is 6.72. The lowest BCUT2D eigenvalue weighted by atomic mass is 10.2. The molecular formula is C21H28N4O3S. The molecule has 1 unspecified atom stereocenters. The number of phenolic OH excluding ortho intramolecular Hbond substituents is 1. The largest absolute Gasteiger partial charge is 0.508 e. The van der Waals surface area contributed by atoms with Crippen molar-refractivity contribution in [1.82, 2.24) is 15.1 Å². The monoisotopic (exact) mass is 416 g/mol. The molecule has 2 amide bonds. The summed E-state index contributed by atoms with van der Waals surface area (Å²) in [6.07, 6.45) is 0. The molecule has 0 bridgehead atoms. The highest BCUT2D eigenvalue weighted by Gasteiger charge is 2.26. The Kier molecular flexibility index (Phi) is 6.53. The second-order valence-corrected chi connectivity index (χ2v) is 8.34. The highest BCUT2D eigenvalue weighted by atomic mass is 32.1. The number of nitrogens with one attached hydrogen (secondary N) is 1. The van der Waals surface area contributed by atoms with Gasteiger partial charge in [-0.25, -0.2) is 4.79 Å². The predicted molar refractivity (Wildman–Crippen MR) is 115 cm³/mol. The number of carbonyl (C=O) groups is 1. The van der Waals surface area contributed by atoms with Gasteiger partial charge in [0.15, 0.2) is 0 Å². The molecule has 4 rings (SSSR count). The smallest absolute Gasteiger partial charge is 0.317 e. The Balaban J connectivity index is 1.30. The van der Waals surface area contributed by atoms with Crippen molar-refractivity contribution in [2.24, 2.45) is 0 Å². The fraction of sp³-hybridized carbons (Fsp3) is 0.476. The molecule has 2 aliphatic rings. The SMILES string of the molecule is O=C(NCC(c1cccs1)N1CCOCC1)N1CCN(c2cccc(O)c2)CC1. The van der Waals surface area contributed by atoms with Crippen molar-refractivity contribution < 1.29 is 14.6 Å². The third kappa shape index (κ3) is 5.01. The Labute approximate surface area is 175 Å². The number of aromatic hydroxyl groups is 1. The van der Waals surface area contributed by atoms with Gasteiger partial charge in [0.25, 0.3) is 0 Å². The zero-order chi connectivity index (χ0) is 20.1. The molecule has 29 heavy (non-hydrogen) atoms. The molecule has 8 heteroatoms. The van der Waals surface area contributed by atoms with Gasteiger partial charge in [-0.05, 0) is 23.6 Å². The van der Waals surface area contributed by atoms with Gasteiger partial charge < -0.3 is 25.0 Å². The van der Waals surface area contributed by atoms with E-state index in [9.17, 15) is 9.90 Å². The van der Waals surface area contributed by atoms with Crippen LogP contribution in [0.5, 0.6) is 5.75 Å². The van der Waals surface area contributed by atoms with Crippen LogP contribution in [0.15, 0.2) is 41.8 Å². The number of amides is 2. The lowest BCUT2D eigenvalue weighted by Gasteiger charge is -2.37. The number of ether oxygens (including phenoxy) is 1. The summed E-state index contributed by atoms with van der Waals surface area (Å²) in [5.41, 5.74) is 0.995. The van der Waals surface area contributed by atoms with Crippen molar-refractivity contribution in [2.75, 3.05) is 63.9 Å². The minimum Gasteiger partial charge on any atom is -0.508 e. The number of urea groups is 1. The Morgan fingerprint density at radius 1 is 1.10 bits per heavy atom. The number of hydrogen-bond acceptors (Lipinski definition) is 6. The van der Waals surface area contributed by atoms with E-state index < -0.39 is 0 Å². The van der Waals surface area contributed by atoms with Crippen molar-refractivity contribution in [1.29, 1.82) is 0 Å². The van der Waals surface area contributed by atoms with E-state index in [1.54, 1.807) is 23.5 Å². The highest BCUT2D eigenvalue weighted by Crippen LogP contribution is 2.26. The molecule has 1 aromatic carbocycles. The van der Waals surface area contributed by atoms with E-state index in [-0.39, 0.29) is 17.8 Å². The number of phenols is 1. The number of piperazine rings is 1. The summed E-state index contributed by atoms with van der Waals surface area (Å²) in [7, 11) is 0. The van der Waals surface area contributed by atoms with Gasteiger partial charge in [-0.2, -0.15) is 0 Å². The molecule has 2 fully saturated rings. The second kappa shape index (κ2) is 9.47. The molecular weight excluding hydrogens is 388 g/mol. The lowest BCUT2D eigenvalue weighted by molar-refractivity contribution is 0.0172. The maximum atomic E-state index is 12.8. The second-order valence-electron chi connectivity index (χ2n) is 7.36. The van der Waals surface area contributed by atoms with Crippen LogP contribution in [-0.4, -0.2) is 80.0 Å². The molecule has 3 heterocycles. The first-order valence-electron chi connectivity index (χ1n) is 10.1. The normalized spacial score (nSPS) is 19.2. The average molecular weight is 417 g/mol. The molecule has 2 N–H and O–H groups in total. The minimum atomic E-state index is -0.00428. The summed E-state index contributed by atoms with van der Waals surface area (Å²) in [4.78, 5) is 20.5. The molecule has 1 atom stereocenters. The van der Waals surface area contributed by atoms with Crippen molar-refractivity contribution in [3.63, 3.8) is 0 Å². The van der Waals surface area contributed by atoms with E-state index in [4.69, 9.17) is 4.74 Å². The third-order valence-corrected chi connectivity index (χ3v) is 6.54.